The van der Waals surface area contributed by atoms with Crippen LogP contribution < -0.4 is 5.32 Å². The average Bonchev–Trinajstić information content (AvgIpc) is 2.96. The summed E-state index contributed by atoms with van der Waals surface area (Å²) in [6.45, 7) is 3.79. The molecule has 0 aliphatic carbocycles. The van der Waals surface area contributed by atoms with Crippen molar-refractivity contribution in [3.05, 3.63) is 70.9 Å². The maximum atomic E-state index is 14.7. The minimum atomic E-state index is -0.688. The van der Waals surface area contributed by atoms with Crippen LogP contribution in [0.2, 0.25) is 5.15 Å². The molecule has 0 saturated carbocycles. The summed E-state index contributed by atoms with van der Waals surface area (Å²) < 4.78 is 16.3. The molecule has 26 heavy (non-hydrogen) atoms. The Balaban J connectivity index is 1.84. The van der Waals surface area contributed by atoms with E-state index in [-0.39, 0.29) is 16.9 Å². The van der Waals surface area contributed by atoms with E-state index in [0.29, 0.717) is 5.82 Å². The van der Waals surface area contributed by atoms with Crippen molar-refractivity contribution in [2.45, 2.75) is 13.8 Å². The van der Waals surface area contributed by atoms with Gasteiger partial charge in [0.2, 0.25) is 11.8 Å². The molecule has 2 aromatic carbocycles. The number of hydrogen-bond acceptors (Lipinski definition) is 4. The number of hydrogen-bond donors (Lipinski definition) is 1. The summed E-state index contributed by atoms with van der Waals surface area (Å²) >= 11 is 6.03. The van der Waals surface area contributed by atoms with Gasteiger partial charge in [-0.25, -0.2) is 4.98 Å². The fourth-order valence-electron chi connectivity index (χ4n) is 2.79. The highest BCUT2D eigenvalue weighted by molar-refractivity contribution is 6.29. The first-order valence-electron chi connectivity index (χ1n) is 8.04. The molecule has 0 fully saturated rings. The van der Waals surface area contributed by atoms with Crippen molar-refractivity contribution < 1.29 is 4.39 Å². The molecule has 2 aromatic heterocycles. The van der Waals surface area contributed by atoms with Gasteiger partial charge in [-0.05, 0) is 38.1 Å². The van der Waals surface area contributed by atoms with Crippen LogP contribution in [0.3, 0.4) is 0 Å². The normalized spacial score (nSPS) is 11.1. The van der Waals surface area contributed by atoms with E-state index >= 15 is 0 Å². The van der Waals surface area contributed by atoms with Gasteiger partial charge in [0.25, 0.3) is 0 Å². The van der Waals surface area contributed by atoms with Crippen LogP contribution in [0.4, 0.5) is 16.0 Å². The van der Waals surface area contributed by atoms with Crippen LogP contribution in [0.5, 0.6) is 0 Å². The van der Waals surface area contributed by atoms with Crippen LogP contribution in [0, 0.1) is 19.7 Å². The van der Waals surface area contributed by atoms with Crippen molar-refractivity contribution >= 4 is 34.3 Å². The standard InChI is InChI=1S/C19H15ClFN5/c1-11-7-9-13(10-8-11)23-19-24-17(20)16(21)18(25-19)26-12(2)22-14-5-3-4-6-15(14)26/h3-10H,1-2H3,(H,23,24,25). The number of imidazole rings is 1. The summed E-state index contributed by atoms with van der Waals surface area (Å²) in [5, 5.41) is 2.81. The maximum absolute atomic E-state index is 14.7. The number of nitrogens with one attached hydrogen (secondary N) is 1. The third kappa shape index (κ3) is 2.88. The van der Waals surface area contributed by atoms with E-state index in [1.807, 2.05) is 55.5 Å². The Morgan fingerprint density at radius 2 is 1.69 bits per heavy atom. The molecule has 0 saturated heterocycles. The van der Waals surface area contributed by atoms with E-state index in [9.17, 15) is 4.39 Å². The molecule has 0 amide bonds. The molecule has 0 radical (unpaired) electrons. The largest absolute Gasteiger partial charge is 0.324 e. The Kier molecular flexibility index (Phi) is 4.05. The molecule has 0 aliphatic rings. The van der Waals surface area contributed by atoms with Gasteiger partial charge in [-0.1, -0.05) is 41.4 Å². The molecule has 0 aliphatic heterocycles. The monoisotopic (exact) mass is 367 g/mol. The highest BCUT2D eigenvalue weighted by Gasteiger charge is 2.19. The number of nitrogens with zero attached hydrogens (tertiary/aromatic N) is 4. The van der Waals surface area contributed by atoms with Crippen LogP contribution >= 0.6 is 11.6 Å². The lowest BCUT2D eigenvalue weighted by Crippen LogP contribution is -2.08. The molecule has 1 N–H and O–H groups in total. The van der Waals surface area contributed by atoms with Gasteiger partial charge in [0.15, 0.2) is 11.0 Å². The van der Waals surface area contributed by atoms with Gasteiger partial charge in [-0.2, -0.15) is 14.4 Å². The average molecular weight is 368 g/mol. The van der Waals surface area contributed by atoms with Crippen molar-refractivity contribution in [1.29, 1.82) is 0 Å². The summed E-state index contributed by atoms with van der Waals surface area (Å²) in [7, 11) is 0. The molecule has 0 spiro atoms. The number of rotatable bonds is 3. The third-order valence-corrected chi connectivity index (χ3v) is 4.29. The Labute approximate surface area is 154 Å². The first-order chi connectivity index (χ1) is 12.5. The SMILES string of the molecule is Cc1ccc(Nc2nc(Cl)c(F)c(-n3c(C)nc4ccccc43)n2)cc1. The van der Waals surface area contributed by atoms with Crippen LogP contribution in [0.1, 0.15) is 11.4 Å². The fourth-order valence-corrected chi connectivity index (χ4v) is 2.96. The predicted molar refractivity (Wildman–Crippen MR) is 101 cm³/mol. The predicted octanol–water partition coefficient (Wildman–Crippen LogP) is 4.97. The number of aromatic nitrogens is 4. The summed E-state index contributed by atoms with van der Waals surface area (Å²) in [4.78, 5) is 12.8. The first-order valence-corrected chi connectivity index (χ1v) is 8.42. The Morgan fingerprint density at radius 3 is 2.46 bits per heavy atom. The topological polar surface area (TPSA) is 55.6 Å². The molecule has 0 bridgehead atoms. The van der Waals surface area contributed by atoms with Gasteiger partial charge in [-0.15, -0.1) is 0 Å². The number of benzene rings is 2. The van der Waals surface area contributed by atoms with E-state index < -0.39 is 5.82 Å². The second-order valence-corrected chi connectivity index (χ2v) is 6.31. The maximum Gasteiger partial charge on any atom is 0.230 e. The lowest BCUT2D eigenvalue weighted by Gasteiger charge is -2.11. The Bertz CT molecular complexity index is 1110. The van der Waals surface area contributed by atoms with Gasteiger partial charge in [0.05, 0.1) is 11.0 Å². The number of para-hydroxylation sites is 2. The van der Waals surface area contributed by atoms with Crippen molar-refractivity contribution in [2.75, 3.05) is 5.32 Å². The molecule has 130 valence electrons. The van der Waals surface area contributed by atoms with Crippen molar-refractivity contribution in [3.8, 4) is 5.82 Å². The van der Waals surface area contributed by atoms with Gasteiger partial charge in [0, 0.05) is 5.69 Å². The third-order valence-electron chi connectivity index (χ3n) is 4.04. The Hall–Kier alpha value is -2.99. The van der Waals surface area contributed by atoms with Gasteiger partial charge < -0.3 is 5.32 Å². The van der Waals surface area contributed by atoms with Gasteiger partial charge >= 0.3 is 0 Å². The number of aryl methyl sites for hydroxylation is 2. The molecule has 0 atom stereocenters. The fraction of sp³-hybridized carbons (Fsp3) is 0.105. The smallest absolute Gasteiger partial charge is 0.230 e. The lowest BCUT2D eigenvalue weighted by atomic mass is 10.2. The molecule has 4 aromatic rings. The van der Waals surface area contributed by atoms with E-state index in [0.717, 1.165) is 22.3 Å². The first kappa shape index (κ1) is 16.5. The summed E-state index contributed by atoms with van der Waals surface area (Å²) in [5.74, 6) is 0.201. The van der Waals surface area contributed by atoms with Crippen LogP contribution in [0.25, 0.3) is 16.9 Å². The minimum Gasteiger partial charge on any atom is -0.324 e. The molecule has 4 rings (SSSR count). The summed E-state index contributed by atoms with van der Waals surface area (Å²) in [6.07, 6.45) is 0. The summed E-state index contributed by atoms with van der Waals surface area (Å²) in [5.41, 5.74) is 3.43. The van der Waals surface area contributed by atoms with Crippen LogP contribution in [0.15, 0.2) is 48.5 Å². The van der Waals surface area contributed by atoms with E-state index in [1.54, 1.807) is 11.5 Å². The molecule has 2 heterocycles. The highest BCUT2D eigenvalue weighted by atomic mass is 35.5. The Morgan fingerprint density at radius 1 is 0.962 bits per heavy atom. The van der Waals surface area contributed by atoms with Crippen molar-refractivity contribution in [3.63, 3.8) is 0 Å². The number of fused-ring (bicyclic) bond motifs is 1. The second-order valence-electron chi connectivity index (χ2n) is 5.95. The highest BCUT2D eigenvalue weighted by Crippen LogP contribution is 2.26. The molecule has 5 nitrogen and oxygen atoms in total. The van der Waals surface area contributed by atoms with E-state index in [1.165, 1.54) is 0 Å². The minimum absolute atomic E-state index is 0.0609. The van der Waals surface area contributed by atoms with E-state index in [2.05, 4.69) is 20.3 Å². The number of halogens is 2. The van der Waals surface area contributed by atoms with Crippen LogP contribution in [-0.2, 0) is 0 Å². The lowest BCUT2D eigenvalue weighted by molar-refractivity contribution is 0.603. The quantitative estimate of drug-likeness (QED) is 0.519. The molecule has 7 heteroatoms. The van der Waals surface area contributed by atoms with E-state index in [4.69, 9.17) is 11.6 Å². The second kappa shape index (κ2) is 6.38. The summed E-state index contributed by atoms with van der Waals surface area (Å²) in [6, 6.07) is 15.2. The van der Waals surface area contributed by atoms with Gasteiger partial charge in [-0.3, -0.25) is 4.57 Å². The molecule has 0 unspecified atom stereocenters. The van der Waals surface area contributed by atoms with Crippen LogP contribution in [-0.4, -0.2) is 19.5 Å². The zero-order valence-corrected chi connectivity index (χ0v) is 14.9. The molecular formula is C19H15ClFN5. The number of anilines is 2. The zero-order valence-electron chi connectivity index (χ0n) is 14.2. The van der Waals surface area contributed by atoms with Crippen molar-refractivity contribution in [1.82, 2.24) is 19.5 Å². The zero-order chi connectivity index (χ0) is 18.3. The molecular weight excluding hydrogens is 353 g/mol. The van der Waals surface area contributed by atoms with Crippen molar-refractivity contribution in [2.24, 2.45) is 0 Å². The van der Waals surface area contributed by atoms with Gasteiger partial charge in [0.1, 0.15) is 5.82 Å².